The van der Waals surface area contributed by atoms with E-state index in [0.29, 0.717) is 46.0 Å². The van der Waals surface area contributed by atoms with Gasteiger partial charge in [-0.15, -0.1) is 0 Å². The maximum Gasteiger partial charge on any atom is 0.296 e. The number of nitrogens with zero attached hydrogens (tertiary/aromatic N) is 3. The minimum Gasteiger partial charge on any atom is -0.456 e. The fourth-order valence-electron chi connectivity index (χ4n) is 5.15. The van der Waals surface area contributed by atoms with Gasteiger partial charge < -0.3 is 34.5 Å². The number of benzene rings is 1. The molecule has 10 nitrogen and oxygen atoms in total. The zero-order valence-electron chi connectivity index (χ0n) is 19.6. The lowest BCUT2D eigenvalue weighted by atomic mass is 10.0. The summed E-state index contributed by atoms with van der Waals surface area (Å²) in [5, 5.41) is 13.5. The van der Waals surface area contributed by atoms with Gasteiger partial charge in [0.05, 0.1) is 29.8 Å². The minimum atomic E-state index is -0.668. The minimum absolute atomic E-state index is 0.208. The van der Waals surface area contributed by atoms with Crippen molar-refractivity contribution in [1.29, 1.82) is 0 Å². The number of aromatic nitrogens is 3. The molecule has 1 aromatic carbocycles. The molecule has 0 saturated carbocycles. The molecule has 6 rings (SSSR count). The van der Waals surface area contributed by atoms with Gasteiger partial charge in [0, 0.05) is 25.2 Å². The van der Waals surface area contributed by atoms with Crippen molar-refractivity contribution in [3.8, 4) is 6.01 Å². The van der Waals surface area contributed by atoms with Crippen LogP contribution >= 0.6 is 11.6 Å². The number of ether oxygens (including phenoxy) is 3. The van der Waals surface area contributed by atoms with E-state index >= 15 is 4.39 Å². The second-order valence-corrected chi connectivity index (χ2v) is 9.92. The van der Waals surface area contributed by atoms with Crippen LogP contribution in [-0.2, 0) is 15.9 Å². The van der Waals surface area contributed by atoms with Gasteiger partial charge in [0.15, 0.2) is 11.8 Å². The van der Waals surface area contributed by atoms with E-state index in [9.17, 15) is 9.90 Å². The van der Waals surface area contributed by atoms with Gasteiger partial charge in [-0.1, -0.05) is 11.6 Å². The van der Waals surface area contributed by atoms with Gasteiger partial charge in [0.1, 0.15) is 29.9 Å². The molecule has 0 bridgehead atoms. The molecule has 2 aromatic heterocycles. The number of aryl methyl sites for hydroxylation is 1. The SMILES string of the molecule is CN(C)C(=O)c1cc(F)c2c(c1)CC[C@H]2Nc1nc2nc(O[C@@H]3CO[C@H]4[C@@H]3OC[C@H]4O)[nH]c2cc1Cl. The van der Waals surface area contributed by atoms with Gasteiger partial charge in [-0.05, 0) is 36.6 Å². The van der Waals surface area contributed by atoms with Gasteiger partial charge in [0.2, 0.25) is 0 Å². The number of fused-ring (bicyclic) bond motifs is 3. The average molecular weight is 518 g/mol. The molecule has 1 aliphatic carbocycles. The molecule has 2 aliphatic heterocycles. The summed E-state index contributed by atoms with van der Waals surface area (Å²) in [5.74, 6) is -0.300. The topological polar surface area (TPSA) is 122 Å². The van der Waals surface area contributed by atoms with Gasteiger partial charge in [-0.3, -0.25) is 4.79 Å². The van der Waals surface area contributed by atoms with E-state index in [-0.39, 0.29) is 37.3 Å². The molecule has 2 saturated heterocycles. The number of nitrogens with one attached hydrogen (secondary N) is 2. The van der Waals surface area contributed by atoms with Crippen LogP contribution < -0.4 is 10.1 Å². The number of carbonyl (C=O) groups is 1. The summed E-state index contributed by atoms with van der Waals surface area (Å²) in [7, 11) is 3.27. The number of aromatic amines is 1. The molecule has 2 fully saturated rings. The number of amides is 1. The van der Waals surface area contributed by atoms with Crippen molar-refractivity contribution in [1.82, 2.24) is 19.9 Å². The van der Waals surface area contributed by atoms with E-state index in [1.165, 1.54) is 11.0 Å². The highest BCUT2D eigenvalue weighted by Crippen LogP contribution is 2.38. The van der Waals surface area contributed by atoms with Crippen molar-refractivity contribution < 1.29 is 28.5 Å². The number of hydrogen-bond acceptors (Lipinski definition) is 8. The summed E-state index contributed by atoms with van der Waals surface area (Å²) in [6.07, 6.45) is -0.599. The number of carbonyl (C=O) groups excluding carboxylic acids is 1. The third-order valence-electron chi connectivity index (χ3n) is 6.88. The fraction of sp³-hybridized carbons (Fsp3) is 0.458. The van der Waals surface area contributed by atoms with Gasteiger partial charge in [0.25, 0.3) is 11.9 Å². The van der Waals surface area contributed by atoms with Gasteiger partial charge in [-0.2, -0.15) is 4.98 Å². The lowest BCUT2D eigenvalue weighted by Gasteiger charge is -2.17. The highest BCUT2D eigenvalue weighted by Gasteiger charge is 2.48. The molecule has 4 heterocycles. The Morgan fingerprint density at radius 3 is 2.86 bits per heavy atom. The smallest absolute Gasteiger partial charge is 0.296 e. The molecular formula is C24H25ClFN5O5. The Hall–Kier alpha value is -2.99. The van der Waals surface area contributed by atoms with Crippen LogP contribution in [0.2, 0.25) is 5.02 Å². The van der Waals surface area contributed by atoms with Crippen LogP contribution in [0.3, 0.4) is 0 Å². The van der Waals surface area contributed by atoms with Crippen LogP contribution in [0.5, 0.6) is 6.01 Å². The van der Waals surface area contributed by atoms with E-state index < -0.39 is 24.1 Å². The molecule has 36 heavy (non-hydrogen) atoms. The zero-order chi connectivity index (χ0) is 25.1. The highest BCUT2D eigenvalue weighted by molar-refractivity contribution is 6.33. The fourth-order valence-corrected chi connectivity index (χ4v) is 5.35. The van der Waals surface area contributed by atoms with E-state index in [1.807, 2.05) is 0 Å². The standard InChI is InChI=1S/C24H25ClFN5O5/c1-31(2)23(33)11-5-10-3-4-14(18(10)13(26)6-11)27-21-12(25)7-15-22(29-21)30-24(28-15)36-17-9-35-19-16(32)8-34-20(17)19/h5-7,14,16-17,19-20,32H,3-4,8-9H2,1-2H3,(H2,27,28,29,30)/t14-,16-,17-,19-,20-/m1/s1. The third-order valence-corrected chi connectivity index (χ3v) is 7.17. The Morgan fingerprint density at radius 1 is 1.25 bits per heavy atom. The summed E-state index contributed by atoms with van der Waals surface area (Å²) < 4.78 is 32.2. The van der Waals surface area contributed by atoms with E-state index in [2.05, 4.69) is 20.3 Å². The summed E-state index contributed by atoms with van der Waals surface area (Å²) in [6, 6.07) is 4.60. The Kier molecular flexibility index (Phi) is 5.75. The number of pyridine rings is 1. The van der Waals surface area contributed by atoms with E-state index in [4.69, 9.17) is 25.8 Å². The van der Waals surface area contributed by atoms with Crippen molar-refractivity contribution in [2.24, 2.45) is 0 Å². The number of rotatable bonds is 5. The van der Waals surface area contributed by atoms with E-state index in [0.717, 1.165) is 5.56 Å². The van der Waals surface area contributed by atoms with Crippen molar-refractivity contribution >= 4 is 34.5 Å². The Balaban J connectivity index is 1.22. The molecule has 12 heteroatoms. The van der Waals surface area contributed by atoms with Gasteiger partial charge >= 0.3 is 0 Å². The van der Waals surface area contributed by atoms with Crippen molar-refractivity contribution in [3.05, 3.63) is 45.7 Å². The molecule has 3 aliphatic rings. The zero-order valence-corrected chi connectivity index (χ0v) is 20.4. The monoisotopic (exact) mass is 517 g/mol. The summed E-state index contributed by atoms with van der Waals surface area (Å²) >= 11 is 6.49. The lowest BCUT2D eigenvalue weighted by molar-refractivity contribution is 0.00706. The predicted molar refractivity (Wildman–Crippen MR) is 128 cm³/mol. The molecule has 0 unspecified atom stereocenters. The third kappa shape index (κ3) is 3.96. The van der Waals surface area contributed by atoms with Crippen molar-refractivity contribution in [3.63, 3.8) is 0 Å². The molecule has 0 radical (unpaired) electrons. The highest BCUT2D eigenvalue weighted by atomic mass is 35.5. The van der Waals surface area contributed by atoms with Crippen LogP contribution in [0, 0.1) is 5.82 Å². The van der Waals surface area contributed by atoms with Crippen LogP contribution in [-0.4, -0.2) is 82.6 Å². The number of hydrogen-bond donors (Lipinski definition) is 3. The van der Waals surface area contributed by atoms with Crippen molar-refractivity contribution in [2.45, 2.75) is 43.3 Å². The molecular weight excluding hydrogens is 493 g/mol. The number of aliphatic hydroxyl groups excluding tert-OH is 1. The number of imidazole rings is 1. The normalized spacial score (nSPS) is 26.8. The second kappa shape index (κ2) is 8.84. The van der Waals surface area contributed by atoms with Crippen LogP contribution in [0.1, 0.15) is 33.9 Å². The van der Waals surface area contributed by atoms with Crippen LogP contribution in [0.25, 0.3) is 11.2 Å². The Morgan fingerprint density at radius 2 is 2.06 bits per heavy atom. The van der Waals surface area contributed by atoms with Crippen LogP contribution in [0.4, 0.5) is 10.2 Å². The molecule has 190 valence electrons. The molecule has 3 aromatic rings. The molecule has 0 spiro atoms. The maximum absolute atomic E-state index is 15.1. The summed E-state index contributed by atoms with van der Waals surface area (Å²) in [5.41, 5.74) is 2.60. The Labute approximate surface area is 210 Å². The number of aliphatic hydroxyl groups is 1. The Bertz CT molecular complexity index is 1350. The number of halogens is 2. The van der Waals surface area contributed by atoms with Crippen LogP contribution in [0.15, 0.2) is 18.2 Å². The first kappa shape index (κ1) is 23.4. The maximum atomic E-state index is 15.1. The predicted octanol–water partition coefficient (Wildman–Crippen LogP) is 2.46. The lowest BCUT2D eigenvalue weighted by Crippen LogP contribution is -2.34. The van der Waals surface area contributed by atoms with Crippen molar-refractivity contribution in [2.75, 3.05) is 32.6 Å². The number of anilines is 1. The average Bonchev–Trinajstić information content (AvgIpc) is 3.60. The first-order chi connectivity index (χ1) is 17.3. The quantitative estimate of drug-likeness (QED) is 0.472. The first-order valence-corrected chi connectivity index (χ1v) is 12.1. The molecule has 1 amide bonds. The van der Waals surface area contributed by atoms with E-state index in [1.54, 1.807) is 26.2 Å². The second-order valence-electron chi connectivity index (χ2n) is 9.52. The summed E-state index contributed by atoms with van der Waals surface area (Å²) in [6.45, 7) is 0.485. The molecule has 5 atom stereocenters. The molecule has 3 N–H and O–H groups in total. The first-order valence-electron chi connectivity index (χ1n) is 11.7. The summed E-state index contributed by atoms with van der Waals surface area (Å²) in [4.78, 5) is 25.7. The largest absolute Gasteiger partial charge is 0.456 e. The number of H-pyrrole nitrogens is 1. The van der Waals surface area contributed by atoms with Gasteiger partial charge in [-0.25, -0.2) is 9.37 Å².